The van der Waals surface area contributed by atoms with E-state index in [-0.39, 0.29) is 17.2 Å². The number of rotatable bonds is 4. The lowest BCUT2D eigenvalue weighted by Gasteiger charge is -2.38. The van der Waals surface area contributed by atoms with Crippen LogP contribution in [0.5, 0.6) is 0 Å². The van der Waals surface area contributed by atoms with E-state index in [9.17, 15) is 14.9 Å². The second-order valence-electron chi connectivity index (χ2n) is 6.08. The summed E-state index contributed by atoms with van der Waals surface area (Å²) in [4.78, 5) is 23.5. The molecule has 8 heteroatoms. The summed E-state index contributed by atoms with van der Waals surface area (Å²) >= 11 is 6.61. The van der Waals surface area contributed by atoms with Gasteiger partial charge in [-0.25, -0.2) is 0 Å². The summed E-state index contributed by atoms with van der Waals surface area (Å²) < 4.78 is 6.74. The number of nitrogens with one attached hydrogen (secondary N) is 1. The maximum atomic E-state index is 12.9. The fraction of sp³-hybridized carbons (Fsp3) is 0.278. The molecular formula is C18H16Br2N2O4. The summed E-state index contributed by atoms with van der Waals surface area (Å²) in [5.41, 5.74) is 0.526. The van der Waals surface area contributed by atoms with Gasteiger partial charge in [0, 0.05) is 29.3 Å². The van der Waals surface area contributed by atoms with Crippen molar-refractivity contribution in [1.82, 2.24) is 5.32 Å². The van der Waals surface area contributed by atoms with Crippen LogP contribution in [0.1, 0.15) is 28.8 Å². The van der Waals surface area contributed by atoms with Gasteiger partial charge in [0.15, 0.2) is 0 Å². The van der Waals surface area contributed by atoms with Gasteiger partial charge in [-0.1, -0.05) is 28.1 Å². The van der Waals surface area contributed by atoms with Crippen LogP contribution in [0.25, 0.3) is 0 Å². The van der Waals surface area contributed by atoms with Gasteiger partial charge in [-0.05, 0) is 58.6 Å². The first-order valence-corrected chi connectivity index (χ1v) is 9.60. The molecule has 1 saturated heterocycles. The van der Waals surface area contributed by atoms with E-state index in [1.165, 1.54) is 12.1 Å². The topological polar surface area (TPSA) is 81.5 Å². The quantitative estimate of drug-likeness (QED) is 0.510. The highest BCUT2D eigenvalue weighted by Gasteiger charge is 2.36. The lowest BCUT2D eigenvalue weighted by Crippen LogP contribution is -2.49. The SMILES string of the molecule is O=C(NC1(c2cccc(Br)c2)CCOCC1)c1ccc(Br)c([N+](=O)[O-])c1. The summed E-state index contributed by atoms with van der Waals surface area (Å²) in [6, 6.07) is 12.2. The van der Waals surface area contributed by atoms with Crippen LogP contribution >= 0.6 is 31.9 Å². The van der Waals surface area contributed by atoms with Gasteiger partial charge >= 0.3 is 0 Å². The second-order valence-corrected chi connectivity index (χ2v) is 7.85. The van der Waals surface area contributed by atoms with Gasteiger partial charge in [-0.15, -0.1) is 0 Å². The van der Waals surface area contributed by atoms with E-state index in [2.05, 4.69) is 37.2 Å². The highest BCUT2D eigenvalue weighted by atomic mass is 79.9. The molecule has 1 aliphatic rings. The van der Waals surface area contributed by atoms with Crippen molar-refractivity contribution in [2.75, 3.05) is 13.2 Å². The lowest BCUT2D eigenvalue weighted by atomic mass is 9.82. The molecule has 1 fully saturated rings. The fourth-order valence-electron chi connectivity index (χ4n) is 3.08. The average Bonchev–Trinajstić information content (AvgIpc) is 2.62. The Morgan fingerprint density at radius 3 is 2.54 bits per heavy atom. The number of carbonyl (C=O) groups is 1. The van der Waals surface area contributed by atoms with Crippen molar-refractivity contribution >= 4 is 43.5 Å². The van der Waals surface area contributed by atoms with Crippen LogP contribution in [0, 0.1) is 10.1 Å². The van der Waals surface area contributed by atoms with Crippen molar-refractivity contribution in [1.29, 1.82) is 0 Å². The number of hydrogen-bond donors (Lipinski definition) is 1. The monoisotopic (exact) mass is 482 g/mol. The number of hydrogen-bond acceptors (Lipinski definition) is 4. The van der Waals surface area contributed by atoms with Crippen molar-refractivity contribution in [3.05, 3.63) is 72.7 Å². The first kappa shape index (κ1) is 19.0. The first-order chi connectivity index (χ1) is 12.4. The molecule has 0 saturated carbocycles. The summed E-state index contributed by atoms with van der Waals surface area (Å²) in [5, 5.41) is 14.2. The van der Waals surface area contributed by atoms with Crippen LogP contribution in [0.3, 0.4) is 0 Å². The van der Waals surface area contributed by atoms with Crippen molar-refractivity contribution in [2.45, 2.75) is 18.4 Å². The van der Waals surface area contributed by atoms with E-state index in [0.29, 0.717) is 30.5 Å². The number of benzene rings is 2. The Balaban J connectivity index is 1.94. The van der Waals surface area contributed by atoms with Crippen LogP contribution in [-0.4, -0.2) is 24.0 Å². The number of nitrogens with zero attached hydrogens (tertiary/aromatic N) is 1. The van der Waals surface area contributed by atoms with Gasteiger partial charge in [0.2, 0.25) is 0 Å². The average molecular weight is 484 g/mol. The summed E-state index contributed by atoms with van der Waals surface area (Å²) in [6.07, 6.45) is 1.27. The van der Waals surface area contributed by atoms with Crippen molar-refractivity contribution in [3.63, 3.8) is 0 Å². The number of carbonyl (C=O) groups excluding carboxylic acids is 1. The molecule has 1 N–H and O–H groups in total. The predicted octanol–water partition coefficient (Wildman–Crippen LogP) is 4.56. The number of halogens is 2. The molecule has 0 spiro atoms. The zero-order valence-electron chi connectivity index (χ0n) is 13.7. The molecule has 6 nitrogen and oxygen atoms in total. The summed E-state index contributed by atoms with van der Waals surface area (Å²) in [6.45, 7) is 1.07. The smallest absolute Gasteiger partial charge is 0.284 e. The minimum atomic E-state index is -0.568. The third-order valence-electron chi connectivity index (χ3n) is 4.48. The third kappa shape index (κ3) is 3.97. The van der Waals surface area contributed by atoms with Crippen molar-refractivity contribution < 1.29 is 14.5 Å². The molecule has 0 radical (unpaired) electrons. The molecule has 136 valence electrons. The maximum absolute atomic E-state index is 12.9. The zero-order valence-corrected chi connectivity index (χ0v) is 16.9. The Morgan fingerprint density at radius 1 is 1.15 bits per heavy atom. The molecule has 0 atom stereocenters. The minimum Gasteiger partial charge on any atom is -0.381 e. The van der Waals surface area contributed by atoms with Gasteiger partial charge in [0.05, 0.1) is 14.9 Å². The number of nitro groups is 1. The van der Waals surface area contributed by atoms with Gasteiger partial charge in [-0.3, -0.25) is 14.9 Å². The number of amides is 1. The minimum absolute atomic E-state index is 0.138. The largest absolute Gasteiger partial charge is 0.381 e. The highest BCUT2D eigenvalue weighted by Crippen LogP contribution is 2.34. The molecule has 0 aromatic heterocycles. The van der Waals surface area contributed by atoms with Crippen LogP contribution in [-0.2, 0) is 10.3 Å². The standard InChI is InChI=1S/C18H16Br2N2O4/c19-14-3-1-2-13(11-14)18(6-8-26-9-7-18)21-17(23)12-4-5-15(20)16(10-12)22(24)25/h1-5,10-11H,6-9H2,(H,21,23). The van der Waals surface area contributed by atoms with E-state index in [0.717, 1.165) is 10.0 Å². The van der Waals surface area contributed by atoms with Gasteiger partial charge < -0.3 is 10.1 Å². The zero-order chi connectivity index (χ0) is 18.7. The molecule has 1 heterocycles. The van der Waals surface area contributed by atoms with E-state index in [1.54, 1.807) is 6.07 Å². The first-order valence-electron chi connectivity index (χ1n) is 8.01. The highest BCUT2D eigenvalue weighted by molar-refractivity contribution is 9.10. The molecule has 1 amide bonds. The molecule has 0 bridgehead atoms. The van der Waals surface area contributed by atoms with Crippen molar-refractivity contribution in [2.24, 2.45) is 0 Å². The molecule has 0 aliphatic carbocycles. The van der Waals surface area contributed by atoms with Gasteiger partial charge in [-0.2, -0.15) is 0 Å². The molecule has 2 aromatic rings. The third-order valence-corrected chi connectivity index (χ3v) is 5.65. The predicted molar refractivity (Wildman–Crippen MR) is 104 cm³/mol. The summed E-state index contributed by atoms with van der Waals surface area (Å²) in [7, 11) is 0. The van der Waals surface area contributed by atoms with Gasteiger partial charge in [0.25, 0.3) is 11.6 Å². The number of nitro benzene ring substituents is 1. The molecule has 2 aromatic carbocycles. The normalized spacial score (nSPS) is 16.1. The Kier molecular flexibility index (Phi) is 5.74. The van der Waals surface area contributed by atoms with Crippen LogP contribution in [0.4, 0.5) is 5.69 Å². The molecule has 1 aliphatic heterocycles. The molecule has 3 rings (SSSR count). The van der Waals surface area contributed by atoms with E-state index < -0.39 is 10.5 Å². The Labute approximate surface area is 167 Å². The fourth-order valence-corrected chi connectivity index (χ4v) is 3.87. The Bertz CT molecular complexity index is 851. The van der Waals surface area contributed by atoms with E-state index in [1.807, 2.05) is 24.3 Å². The maximum Gasteiger partial charge on any atom is 0.284 e. The van der Waals surface area contributed by atoms with Crippen LogP contribution in [0.15, 0.2) is 51.4 Å². The van der Waals surface area contributed by atoms with Crippen LogP contribution in [0.2, 0.25) is 0 Å². The van der Waals surface area contributed by atoms with Gasteiger partial charge in [0.1, 0.15) is 0 Å². The lowest BCUT2D eigenvalue weighted by molar-refractivity contribution is -0.385. The van der Waals surface area contributed by atoms with Crippen LogP contribution < -0.4 is 5.32 Å². The van der Waals surface area contributed by atoms with E-state index >= 15 is 0 Å². The Hall–Kier alpha value is -1.77. The second kappa shape index (κ2) is 7.85. The molecular weight excluding hydrogens is 468 g/mol. The van der Waals surface area contributed by atoms with E-state index in [4.69, 9.17) is 4.74 Å². The molecule has 26 heavy (non-hydrogen) atoms. The van der Waals surface area contributed by atoms with Crippen molar-refractivity contribution in [3.8, 4) is 0 Å². The molecule has 0 unspecified atom stereocenters. The Morgan fingerprint density at radius 2 is 1.88 bits per heavy atom. The summed E-state index contributed by atoms with van der Waals surface area (Å²) in [5.74, 6) is -0.345. The number of ether oxygens (including phenoxy) is 1.